The molecular formula is C14H10Cl2N4O3. The Morgan fingerprint density at radius 3 is 2.91 bits per heavy atom. The van der Waals surface area contributed by atoms with Crippen LogP contribution in [0.5, 0.6) is 0 Å². The number of hydrogen-bond donors (Lipinski definition) is 0. The molecule has 0 N–H and O–H groups in total. The number of esters is 1. The Morgan fingerprint density at radius 1 is 1.39 bits per heavy atom. The monoisotopic (exact) mass is 352 g/mol. The van der Waals surface area contributed by atoms with Gasteiger partial charge in [0.2, 0.25) is 0 Å². The van der Waals surface area contributed by atoms with Crippen LogP contribution in [0.4, 0.5) is 0 Å². The number of halogens is 2. The van der Waals surface area contributed by atoms with E-state index in [0.717, 1.165) is 4.68 Å². The van der Waals surface area contributed by atoms with Crippen LogP contribution in [0, 0.1) is 0 Å². The number of ether oxygens (including phenoxy) is 1. The van der Waals surface area contributed by atoms with Crippen molar-refractivity contribution >= 4 is 34.8 Å². The van der Waals surface area contributed by atoms with Gasteiger partial charge in [-0.05, 0) is 12.1 Å². The molecule has 0 spiro atoms. The molecule has 0 aromatic carbocycles. The van der Waals surface area contributed by atoms with Crippen LogP contribution in [-0.4, -0.2) is 32.2 Å². The Hall–Kier alpha value is -2.38. The van der Waals surface area contributed by atoms with Crippen molar-refractivity contribution in [3.8, 4) is 0 Å². The maximum Gasteiger partial charge on any atom is 0.341 e. The Balaban J connectivity index is 2.04. The number of methoxy groups -OCH3 is 1. The molecule has 0 aliphatic rings. The van der Waals surface area contributed by atoms with E-state index >= 15 is 0 Å². The van der Waals surface area contributed by atoms with E-state index in [-0.39, 0.29) is 16.6 Å². The van der Waals surface area contributed by atoms with Crippen LogP contribution in [-0.2, 0) is 11.3 Å². The van der Waals surface area contributed by atoms with Crippen molar-refractivity contribution in [2.75, 3.05) is 7.11 Å². The Morgan fingerprint density at radius 2 is 2.17 bits per heavy atom. The van der Waals surface area contributed by atoms with Gasteiger partial charge in [0.15, 0.2) is 5.65 Å². The van der Waals surface area contributed by atoms with Crippen LogP contribution in [0.3, 0.4) is 0 Å². The summed E-state index contributed by atoms with van der Waals surface area (Å²) in [4.78, 5) is 28.1. The van der Waals surface area contributed by atoms with Crippen LogP contribution in [0.25, 0.3) is 5.65 Å². The van der Waals surface area contributed by atoms with Gasteiger partial charge in [0.1, 0.15) is 10.6 Å². The van der Waals surface area contributed by atoms with Crippen molar-refractivity contribution in [3.05, 3.63) is 62.4 Å². The predicted octanol–water partition coefficient (Wildman–Crippen LogP) is 2.03. The third-order valence-corrected chi connectivity index (χ3v) is 3.94. The molecule has 0 aliphatic heterocycles. The summed E-state index contributed by atoms with van der Waals surface area (Å²) in [6.07, 6.45) is 4.72. The molecule has 118 valence electrons. The third-order valence-electron chi connectivity index (χ3n) is 3.19. The van der Waals surface area contributed by atoms with E-state index in [9.17, 15) is 9.59 Å². The molecule has 0 aliphatic carbocycles. The first-order valence-electron chi connectivity index (χ1n) is 6.47. The number of imidazole rings is 1. The van der Waals surface area contributed by atoms with Gasteiger partial charge in [-0.15, -0.1) is 0 Å². The molecule has 0 radical (unpaired) electrons. The molecular weight excluding hydrogens is 343 g/mol. The predicted molar refractivity (Wildman–Crippen MR) is 84.2 cm³/mol. The molecule has 23 heavy (non-hydrogen) atoms. The van der Waals surface area contributed by atoms with E-state index in [2.05, 4.69) is 10.1 Å². The Kier molecular flexibility index (Phi) is 4.06. The smallest absolute Gasteiger partial charge is 0.341 e. The number of carbonyl (C=O) groups is 1. The van der Waals surface area contributed by atoms with Gasteiger partial charge < -0.3 is 9.14 Å². The van der Waals surface area contributed by atoms with Gasteiger partial charge in [0, 0.05) is 12.4 Å². The van der Waals surface area contributed by atoms with E-state index in [1.807, 2.05) is 0 Å². The molecule has 3 rings (SSSR count). The molecule has 0 saturated carbocycles. The number of aromatic nitrogens is 4. The lowest BCUT2D eigenvalue weighted by atomic mass is 10.3. The quantitative estimate of drug-likeness (QED) is 0.674. The molecule has 3 heterocycles. The van der Waals surface area contributed by atoms with E-state index in [1.165, 1.54) is 13.3 Å². The van der Waals surface area contributed by atoms with Crippen molar-refractivity contribution in [3.63, 3.8) is 0 Å². The van der Waals surface area contributed by atoms with E-state index in [4.69, 9.17) is 27.9 Å². The fraction of sp³-hybridized carbons (Fsp3) is 0.143. The Labute approximate surface area is 140 Å². The van der Waals surface area contributed by atoms with E-state index in [1.54, 1.807) is 28.9 Å². The summed E-state index contributed by atoms with van der Waals surface area (Å²) >= 11 is 11.6. The first-order chi connectivity index (χ1) is 11.0. The van der Waals surface area contributed by atoms with Crippen LogP contribution >= 0.6 is 23.2 Å². The Bertz CT molecular complexity index is 964. The molecule has 0 amide bonds. The molecule has 9 heteroatoms. The number of hydrogen-bond acceptors (Lipinski definition) is 5. The minimum atomic E-state index is -0.510. The van der Waals surface area contributed by atoms with Crippen molar-refractivity contribution in [1.29, 1.82) is 0 Å². The second kappa shape index (κ2) is 6.02. The van der Waals surface area contributed by atoms with Gasteiger partial charge in [-0.25, -0.2) is 14.5 Å². The number of carbonyl (C=O) groups excluding carboxylic acids is 1. The second-order valence-electron chi connectivity index (χ2n) is 4.65. The molecule has 3 aromatic rings. The average Bonchev–Trinajstić information content (AvgIpc) is 2.97. The summed E-state index contributed by atoms with van der Waals surface area (Å²) in [6.45, 7) is 0.0953. The standard InChI is InChI=1S/C14H10Cl2N4O3/c1-23-14(22)9-3-2-4-19-6-8(18-12(9)19)7-20-13(21)11(16)10(15)5-17-20/h2-6H,7H2,1H3. The van der Waals surface area contributed by atoms with Crippen molar-refractivity contribution in [1.82, 2.24) is 19.2 Å². The summed E-state index contributed by atoms with van der Waals surface area (Å²) < 4.78 is 7.55. The van der Waals surface area contributed by atoms with Crippen LogP contribution in [0.1, 0.15) is 16.1 Å². The zero-order valence-electron chi connectivity index (χ0n) is 11.9. The van der Waals surface area contributed by atoms with Gasteiger partial charge >= 0.3 is 5.97 Å². The van der Waals surface area contributed by atoms with Gasteiger partial charge in [0.25, 0.3) is 5.56 Å². The lowest BCUT2D eigenvalue weighted by molar-refractivity contribution is 0.0602. The lowest BCUT2D eigenvalue weighted by Crippen LogP contribution is -2.23. The highest BCUT2D eigenvalue weighted by Gasteiger charge is 2.14. The largest absolute Gasteiger partial charge is 0.465 e. The number of rotatable bonds is 3. The highest BCUT2D eigenvalue weighted by molar-refractivity contribution is 6.41. The molecule has 7 nitrogen and oxygen atoms in total. The van der Waals surface area contributed by atoms with Gasteiger partial charge in [-0.2, -0.15) is 5.10 Å². The van der Waals surface area contributed by atoms with Gasteiger partial charge in [-0.1, -0.05) is 23.2 Å². The molecule has 0 unspecified atom stereocenters. The fourth-order valence-electron chi connectivity index (χ4n) is 2.12. The van der Waals surface area contributed by atoms with Crippen LogP contribution in [0.15, 0.2) is 35.5 Å². The molecule has 0 fully saturated rings. The summed E-state index contributed by atoms with van der Waals surface area (Å²) in [7, 11) is 1.30. The van der Waals surface area contributed by atoms with Crippen LogP contribution < -0.4 is 5.56 Å². The van der Waals surface area contributed by atoms with E-state index < -0.39 is 11.5 Å². The minimum Gasteiger partial charge on any atom is -0.465 e. The van der Waals surface area contributed by atoms with Crippen molar-refractivity contribution < 1.29 is 9.53 Å². The molecule has 0 saturated heterocycles. The van der Waals surface area contributed by atoms with Gasteiger partial charge in [0.05, 0.1) is 30.6 Å². The highest BCUT2D eigenvalue weighted by atomic mass is 35.5. The minimum absolute atomic E-state index is 0.0934. The number of pyridine rings is 1. The van der Waals surface area contributed by atoms with Gasteiger partial charge in [-0.3, -0.25) is 4.79 Å². The fourth-order valence-corrected chi connectivity index (χ4v) is 2.39. The molecule has 0 bridgehead atoms. The maximum atomic E-state index is 12.0. The third kappa shape index (κ3) is 2.80. The summed E-state index contributed by atoms with van der Waals surface area (Å²) in [5, 5.41) is 3.92. The highest BCUT2D eigenvalue weighted by Crippen LogP contribution is 2.16. The zero-order valence-corrected chi connectivity index (χ0v) is 13.4. The lowest BCUT2D eigenvalue weighted by Gasteiger charge is -2.02. The first-order valence-corrected chi connectivity index (χ1v) is 7.23. The normalized spacial score (nSPS) is 10.9. The summed E-state index contributed by atoms with van der Waals surface area (Å²) in [6, 6.07) is 3.32. The summed E-state index contributed by atoms with van der Waals surface area (Å²) in [5.74, 6) is -0.488. The zero-order chi connectivity index (χ0) is 16.6. The summed E-state index contributed by atoms with van der Waals surface area (Å²) in [5.41, 5.74) is 0.789. The topological polar surface area (TPSA) is 78.5 Å². The molecule has 3 aromatic heterocycles. The number of fused-ring (bicyclic) bond motifs is 1. The second-order valence-corrected chi connectivity index (χ2v) is 5.43. The number of nitrogens with zero attached hydrogens (tertiary/aromatic N) is 4. The SMILES string of the molecule is COC(=O)c1cccn2cc(Cn3ncc(Cl)c(Cl)c3=O)nc12. The first kappa shape index (κ1) is 15.5. The molecule has 0 atom stereocenters. The average molecular weight is 353 g/mol. The van der Waals surface area contributed by atoms with Crippen molar-refractivity contribution in [2.24, 2.45) is 0 Å². The van der Waals surface area contributed by atoms with E-state index in [0.29, 0.717) is 16.9 Å². The maximum absolute atomic E-state index is 12.0. The van der Waals surface area contributed by atoms with Crippen LogP contribution in [0.2, 0.25) is 10.0 Å². The van der Waals surface area contributed by atoms with Crippen molar-refractivity contribution in [2.45, 2.75) is 6.54 Å².